The van der Waals surface area contributed by atoms with Crippen molar-refractivity contribution in [1.82, 2.24) is 10.2 Å². The van der Waals surface area contributed by atoms with E-state index in [9.17, 15) is 14.0 Å². The second kappa shape index (κ2) is 7.53. The molecule has 2 N–H and O–H groups in total. The van der Waals surface area contributed by atoms with Crippen LogP contribution < -0.4 is 10.1 Å². The summed E-state index contributed by atoms with van der Waals surface area (Å²) in [4.78, 5) is 23.8. The number of hydrogen-bond acceptors (Lipinski definition) is 4. The van der Waals surface area contributed by atoms with E-state index in [1.165, 1.54) is 19.2 Å². The first-order chi connectivity index (χ1) is 11.0. The standard InChI is InChI=1S/C16H18FN3O3/c1-3-11-9-15(20-19-11)18-16(22)7-5-13(21)10-4-6-14(23-2)12(17)8-10/h4,6,8-9H,3,5,7H2,1-2H3,(H2,18,19,20,22). The number of ether oxygens (including phenoxy) is 1. The van der Waals surface area contributed by atoms with Gasteiger partial charge in [0.2, 0.25) is 5.91 Å². The second-order valence-electron chi connectivity index (χ2n) is 4.95. The highest BCUT2D eigenvalue weighted by Gasteiger charge is 2.13. The van der Waals surface area contributed by atoms with Crippen molar-refractivity contribution in [3.8, 4) is 5.75 Å². The number of halogens is 1. The first kappa shape index (κ1) is 16.7. The van der Waals surface area contributed by atoms with Gasteiger partial charge in [0.1, 0.15) is 0 Å². The number of carbonyl (C=O) groups excluding carboxylic acids is 2. The van der Waals surface area contributed by atoms with Crippen LogP contribution in [0.5, 0.6) is 5.75 Å². The van der Waals surface area contributed by atoms with Gasteiger partial charge in [0.25, 0.3) is 0 Å². The van der Waals surface area contributed by atoms with Crippen molar-refractivity contribution in [2.45, 2.75) is 26.2 Å². The van der Waals surface area contributed by atoms with Crippen LogP contribution in [0.3, 0.4) is 0 Å². The molecule has 7 heteroatoms. The summed E-state index contributed by atoms with van der Waals surface area (Å²) in [6.07, 6.45) is 0.772. The number of benzene rings is 1. The van der Waals surface area contributed by atoms with Crippen molar-refractivity contribution in [3.05, 3.63) is 41.3 Å². The van der Waals surface area contributed by atoms with Gasteiger partial charge >= 0.3 is 0 Å². The normalized spacial score (nSPS) is 10.4. The van der Waals surface area contributed by atoms with Crippen LogP contribution in [-0.4, -0.2) is 29.0 Å². The number of aryl methyl sites for hydroxylation is 1. The number of carbonyl (C=O) groups is 2. The van der Waals surface area contributed by atoms with Crippen molar-refractivity contribution in [2.75, 3.05) is 12.4 Å². The summed E-state index contributed by atoms with van der Waals surface area (Å²) in [5, 5.41) is 9.33. The molecule has 0 saturated carbocycles. The Morgan fingerprint density at radius 3 is 2.70 bits per heavy atom. The molecule has 0 unspecified atom stereocenters. The molecule has 0 aliphatic heterocycles. The Labute approximate surface area is 133 Å². The van der Waals surface area contributed by atoms with E-state index < -0.39 is 5.82 Å². The fourth-order valence-corrected chi connectivity index (χ4v) is 2.02. The summed E-state index contributed by atoms with van der Waals surface area (Å²) in [5.74, 6) is -0.731. The van der Waals surface area contributed by atoms with Crippen molar-refractivity contribution < 1.29 is 18.7 Å². The van der Waals surface area contributed by atoms with Crippen molar-refractivity contribution >= 4 is 17.5 Å². The van der Waals surface area contributed by atoms with E-state index >= 15 is 0 Å². The van der Waals surface area contributed by atoms with Crippen LogP contribution in [-0.2, 0) is 11.2 Å². The van der Waals surface area contributed by atoms with Crippen molar-refractivity contribution in [3.63, 3.8) is 0 Å². The maximum Gasteiger partial charge on any atom is 0.226 e. The fourth-order valence-electron chi connectivity index (χ4n) is 2.02. The number of H-pyrrole nitrogens is 1. The number of hydrogen-bond donors (Lipinski definition) is 2. The van der Waals surface area contributed by atoms with E-state index in [2.05, 4.69) is 15.5 Å². The highest BCUT2D eigenvalue weighted by molar-refractivity contribution is 5.99. The molecule has 0 bridgehead atoms. The van der Waals surface area contributed by atoms with Crippen LogP contribution in [0.1, 0.15) is 35.8 Å². The van der Waals surface area contributed by atoms with Crippen LogP contribution >= 0.6 is 0 Å². The van der Waals surface area contributed by atoms with Gasteiger partial charge in [0, 0.05) is 30.2 Å². The Morgan fingerprint density at radius 1 is 1.30 bits per heavy atom. The van der Waals surface area contributed by atoms with E-state index in [1.54, 1.807) is 6.07 Å². The highest BCUT2D eigenvalue weighted by atomic mass is 19.1. The van der Waals surface area contributed by atoms with E-state index in [0.29, 0.717) is 5.82 Å². The summed E-state index contributed by atoms with van der Waals surface area (Å²) in [5.41, 5.74) is 1.12. The third-order valence-electron chi connectivity index (χ3n) is 3.33. The Kier molecular flexibility index (Phi) is 5.46. The van der Waals surface area contributed by atoms with Crippen molar-refractivity contribution in [1.29, 1.82) is 0 Å². The molecule has 0 aliphatic carbocycles. The maximum absolute atomic E-state index is 13.6. The number of Topliss-reactive ketones (excluding diaryl/α,β-unsaturated/α-hetero) is 1. The Morgan fingerprint density at radius 2 is 2.09 bits per heavy atom. The number of anilines is 1. The van der Waals surface area contributed by atoms with Crippen LogP contribution in [0.4, 0.5) is 10.2 Å². The first-order valence-electron chi connectivity index (χ1n) is 7.24. The smallest absolute Gasteiger partial charge is 0.226 e. The molecule has 0 atom stereocenters. The Hall–Kier alpha value is -2.70. The van der Waals surface area contributed by atoms with Gasteiger partial charge < -0.3 is 10.1 Å². The average Bonchev–Trinajstić information content (AvgIpc) is 3.00. The molecule has 1 aromatic carbocycles. The van der Waals surface area contributed by atoms with Crippen molar-refractivity contribution in [2.24, 2.45) is 0 Å². The number of ketones is 1. The zero-order valence-corrected chi connectivity index (χ0v) is 13.0. The van der Waals surface area contributed by atoms with E-state index in [-0.39, 0.29) is 35.8 Å². The third-order valence-corrected chi connectivity index (χ3v) is 3.33. The molecular weight excluding hydrogens is 301 g/mol. The molecule has 6 nitrogen and oxygen atoms in total. The topological polar surface area (TPSA) is 84.1 Å². The summed E-state index contributed by atoms with van der Waals surface area (Å²) >= 11 is 0. The minimum Gasteiger partial charge on any atom is -0.494 e. The van der Waals surface area contributed by atoms with Gasteiger partial charge in [-0.05, 0) is 24.6 Å². The van der Waals surface area contributed by atoms with E-state index in [1.807, 2.05) is 6.92 Å². The van der Waals surface area contributed by atoms with E-state index in [4.69, 9.17) is 4.74 Å². The summed E-state index contributed by atoms with van der Waals surface area (Å²) in [6, 6.07) is 5.71. The van der Waals surface area contributed by atoms with Gasteiger partial charge in [0.15, 0.2) is 23.2 Å². The van der Waals surface area contributed by atoms with Crippen LogP contribution in [0.2, 0.25) is 0 Å². The SMILES string of the molecule is CCc1cc(NC(=O)CCC(=O)c2ccc(OC)c(F)c2)n[nH]1. The molecule has 0 radical (unpaired) electrons. The lowest BCUT2D eigenvalue weighted by Gasteiger charge is -2.05. The molecule has 23 heavy (non-hydrogen) atoms. The number of aromatic nitrogens is 2. The third kappa shape index (κ3) is 4.38. The average molecular weight is 319 g/mol. The molecule has 0 spiro atoms. The Bertz CT molecular complexity index is 712. The van der Waals surface area contributed by atoms with Crippen LogP contribution in [0, 0.1) is 5.82 Å². The number of nitrogens with one attached hydrogen (secondary N) is 2. The van der Waals surface area contributed by atoms with Gasteiger partial charge in [-0.15, -0.1) is 0 Å². The number of aromatic amines is 1. The molecule has 0 fully saturated rings. The van der Waals surface area contributed by atoms with Gasteiger partial charge in [0.05, 0.1) is 7.11 Å². The number of amides is 1. The lowest BCUT2D eigenvalue weighted by molar-refractivity contribution is -0.116. The zero-order valence-electron chi connectivity index (χ0n) is 13.0. The largest absolute Gasteiger partial charge is 0.494 e. The van der Waals surface area contributed by atoms with Gasteiger partial charge in [-0.2, -0.15) is 5.10 Å². The summed E-state index contributed by atoms with van der Waals surface area (Å²) < 4.78 is 18.4. The van der Waals surface area contributed by atoms with Crippen LogP contribution in [0.15, 0.2) is 24.3 Å². The minimum absolute atomic E-state index is 0.000794. The minimum atomic E-state index is -0.605. The molecule has 1 aromatic heterocycles. The van der Waals surface area contributed by atoms with Gasteiger partial charge in [-0.25, -0.2) is 4.39 Å². The van der Waals surface area contributed by atoms with Gasteiger partial charge in [-0.1, -0.05) is 6.92 Å². The predicted molar refractivity (Wildman–Crippen MR) is 83.1 cm³/mol. The summed E-state index contributed by atoms with van der Waals surface area (Å²) in [6.45, 7) is 1.96. The van der Waals surface area contributed by atoms with E-state index in [0.717, 1.165) is 18.2 Å². The van der Waals surface area contributed by atoms with Gasteiger partial charge in [-0.3, -0.25) is 14.7 Å². The first-order valence-corrected chi connectivity index (χ1v) is 7.24. The molecule has 0 aliphatic rings. The fraction of sp³-hybridized carbons (Fsp3) is 0.312. The molecule has 2 rings (SSSR count). The second-order valence-corrected chi connectivity index (χ2v) is 4.95. The summed E-state index contributed by atoms with van der Waals surface area (Å²) in [7, 11) is 1.35. The monoisotopic (exact) mass is 319 g/mol. The Balaban J connectivity index is 1.88. The zero-order chi connectivity index (χ0) is 16.8. The molecule has 0 saturated heterocycles. The molecule has 2 aromatic rings. The molecule has 122 valence electrons. The molecule has 1 heterocycles. The van der Waals surface area contributed by atoms with Crippen LogP contribution in [0.25, 0.3) is 0 Å². The number of methoxy groups -OCH3 is 1. The number of nitrogens with zero attached hydrogens (tertiary/aromatic N) is 1. The molecular formula is C16H18FN3O3. The predicted octanol–water partition coefficient (Wildman–Crippen LogP) is 2.72. The maximum atomic E-state index is 13.6. The number of rotatable bonds is 7. The highest BCUT2D eigenvalue weighted by Crippen LogP contribution is 2.19. The molecule has 1 amide bonds. The lowest BCUT2D eigenvalue weighted by atomic mass is 10.1. The quantitative estimate of drug-likeness (QED) is 0.769. The lowest BCUT2D eigenvalue weighted by Crippen LogP contribution is -2.13.